The molecule has 5 heteroatoms. The van der Waals surface area contributed by atoms with Gasteiger partial charge in [-0.15, -0.1) is 0 Å². The van der Waals surface area contributed by atoms with Crippen molar-refractivity contribution in [3.05, 3.63) is 11.7 Å². The molecule has 0 fully saturated rings. The lowest BCUT2D eigenvalue weighted by Gasteiger charge is -2.19. The Morgan fingerprint density at radius 1 is 1.41 bits per heavy atom. The van der Waals surface area contributed by atoms with E-state index in [9.17, 15) is 0 Å². The van der Waals surface area contributed by atoms with Crippen LogP contribution in [-0.2, 0) is 16.8 Å². The van der Waals surface area contributed by atoms with Gasteiger partial charge in [0.1, 0.15) is 5.60 Å². The van der Waals surface area contributed by atoms with Crippen LogP contribution in [0.3, 0.4) is 0 Å². The minimum atomic E-state index is -0.515. The predicted molar refractivity (Wildman–Crippen MR) is 65.5 cm³/mol. The van der Waals surface area contributed by atoms with Crippen molar-refractivity contribution in [3.8, 4) is 0 Å². The molecule has 1 aromatic heterocycles. The molecule has 1 rings (SSSR count). The Labute approximate surface area is 103 Å². The molecule has 1 atom stereocenters. The van der Waals surface area contributed by atoms with Crippen LogP contribution in [0.1, 0.15) is 46.3 Å². The number of nitrogens with zero attached hydrogens (tertiary/aromatic N) is 2. The lowest BCUT2D eigenvalue weighted by molar-refractivity contribution is -0.0221. The Morgan fingerprint density at radius 3 is 2.59 bits per heavy atom. The fraction of sp³-hybridized carbons (Fsp3) is 0.833. The number of ether oxygens (including phenoxy) is 1. The van der Waals surface area contributed by atoms with Gasteiger partial charge < -0.3 is 15.0 Å². The van der Waals surface area contributed by atoms with Crippen molar-refractivity contribution in [3.63, 3.8) is 0 Å². The Morgan fingerprint density at radius 2 is 2.06 bits per heavy atom. The molecule has 0 amide bonds. The number of hydrogen-bond acceptors (Lipinski definition) is 5. The third-order valence-corrected chi connectivity index (χ3v) is 2.78. The van der Waals surface area contributed by atoms with Gasteiger partial charge in [-0.25, -0.2) is 0 Å². The monoisotopic (exact) mass is 241 g/mol. The van der Waals surface area contributed by atoms with Crippen LogP contribution in [0.15, 0.2) is 4.52 Å². The van der Waals surface area contributed by atoms with E-state index in [4.69, 9.17) is 15.0 Å². The molecule has 0 aliphatic rings. The van der Waals surface area contributed by atoms with Crippen LogP contribution in [-0.4, -0.2) is 22.8 Å². The summed E-state index contributed by atoms with van der Waals surface area (Å²) >= 11 is 0. The summed E-state index contributed by atoms with van der Waals surface area (Å²) in [6, 6.07) is 0.0403. The maximum absolute atomic E-state index is 5.97. The summed E-state index contributed by atoms with van der Waals surface area (Å²) in [6.07, 6.45) is 0.604. The van der Waals surface area contributed by atoms with Crippen molar-refractivity contribution in [2.45, 2.75) is 52.7 Å². The summed E-state index contributed by atoms with van der Waals surface area (Å²) in [5.41, 5.74) is 5.45. The highest BCUT2D eigenvalue weighted by Gasteiger charge is 2.27. The van der Waals surface area contributed by atoms with E-state index in [1.165, 1.54) is 0 Å². The van der Waals surface area contributed by atoms with Crippen molar-refractivity contribution in [2.24, 2.45) is 11.7 Å². The van der Waals surface area contributed by atoms with Crippen LogP contribution >= 0.6 is 0 Å². The number of hydrogen-bond donors (Lipinski definition) is 1. The van der Waals surface area contributed by atoms with E-state index in [1.54, 1.807) is 0 Å². The first kappa shape index (κ1) is 14.1. The van der Waals surface area contributed by atoms with Gasteiger partial charge in [0.25, 0.3) is 0 Å². The van der Waals surface area contributed by atoms with Crippen LogP contribution in [0.2, 0.25) is 0 Å². The molecule has 1 heterocycles. The second-order valence-corrected chi connectivity index (χ2v) is 5.07. The van der Waals surface area contributed by atoms with Crippen molar-refractivity contribution >= 4 is 0 Å². The van der Waals surface area contributed by atoms with Crippen LogP contribution < -0.4 is 5.73 Å². The van der Waals surface area contributed by atoms with Crippen LogP contribution in [0, 0.1) is 5.92 Å². The maximum Gasteiger partial charge on any atom is 0.228 e. The minimum absolute atomic E-state index is 0.0403. The molecule has 1 unspecified atom stereocenters. The predicted octanol–water partition coefficient (Wildman–Crippen LogP) is 1.87. The Bertz CT molecular complexity index is 347. The molecule has 0 aliphatic carbocycles. The summed E-state index contributed by atoms with van der Waals surface area (Å²) in [6.45, 7) is 10.6. The van der Waals surface area contributed by atoms with Gasteiger partial charge in [-0.05, 0) is 26.7 Å². The highest BCUT2D eigenvalue weighted by molar-refractivity contribution is 4.98. The molecule has 0 spiro atoms. The van der Waals surface area contributed by atoms with Gasteiger partial charge >= 0.3 is 0 Å². The van der Waals surface area contributed by atoms with E-state index in [2.05, 4.69) is 24.0 Å². The van der Waals surface area contributed by atoms with Gasteiger partial charge in [0.15, 0.2) is 0 Å². The smallest absolute Gasteiger partial charge is 0.228 e. The standard InChI is InChI=1S/C12H23N3O2/c1-6-16-12(4,5)11-14-10(17-15-11)7-9(13)8(2)3/h8-9H,6-7,13H2,1-5H3. The second kappa shape index (κ2) is 5.60. The summed E-state index contributed by atoms with van der Waals surface area (Å²) in [4.78, 5) is 4.34. The molecule has 0 aliphatic heterocycles. The minimum Gasteiger partial charge on any atom is -0.368 e. The van der Waals surface area contributed by atoms with E-state index < -0.39 is 5.60 Å². The van der Waals surface area contributed by atoms with Crippen molar-refractivity contribution in [1.29, 1.82) is 0 Å². The Hall–Kier alpha value is -0.940. The highest BCUT2D eigenvalue weighted by atomic mass is 16.5. The fourth-order valence-corrected chi connectivity index (χ4v) is 1.45. The SMILES string of the molecule is CCOC(C)(C)c1noc(CC(N)C(C)C)n1. The normalized spacial score (nSPS) is 14.3. The number of rotatable bonds is 6. The molecule has 0 aromatic carbocycles. The first-order chi connectivity index (χ1) is 7.86. The number of nitrogens with two attached hydrogens (primary N) is 1. The molecule has 5 nitrogen and oxygen atoms in total. The molecule has 1 aromatic rings. The Kier molecular flexibility index (Phi) is 4.65. The van der Waals surface area contributed by atoms with E-state index >= 15 is 0 Å². The molecular formula is C12H23N3O2. The third-order valence-electron chi connectivity index (χ3n) is 2.78. The van der Waals surface area contributed by atoms with Crippen molar-refractivity contribution in [2.75, 3.05) is 6.61 Å². The molecule has 2 N–H and O–H groups in total. The third kappa shape index (κ3) is 3.78. The summed E-state index contributed by atoms with van der Waals surface area (Å²) in [7, 11) is 0. The largest absolute Gasteiger partial charge is 0.368 e. The van der Waals surface area contributed by atoms with E-state index in [0.717, 1.165) is 0 Å². The van der Waals surface area contributed by atoms with Crippen LogP contribution in [0.4, 0.5) is 0 Å². The molecule has 0 saturated heterocycles. The zero-order valence-electron chi connectivity index (χ0n) is 11.4. The first-order valence-corrected chi connectivity index (χ1v) is 6.09. The average molecular weight is 241 g/mol. The first-order valence-electron chi connectivity index (χ1n) is 6.09. The maximum atomic E-state index is 5.97. The number of aromatic nitrogens is 2. The topological polar surface area (TPSA) is 74.2 Å². The average Bonchev–Trinajstić information content (AvgIpc) is 2.66. The van der Waals surface area contributed by atoms with E-state index in [1.807, 2.05) is 20.8 Å². The fourth-order valence-electron chi connectivity index (χ4n) is 1.45. The Balaban J connectivity index is 2.71. The highest BCUT2D eigenvalue weighted by Crippen LogP contribution is 2.21. The van der Waals surface area contributed by atoms with Gasteiger partial charge in [0, 0.05) is 19.1 Å². The molecule has 0 radical (unpaired) electrons. The summed E-state index contributed by atoms with van der Waals surface area (Å²) in [5.74, 6) is 1.55. The molecule has 98 valence electrons. The zero-order chi connectivity index (χ0) is 13.1. The van der Waals surface area contributed by atoms with Crippen molar-refractivity contribution < 1.29 is 9.26 Å². The second-order valence-electron chi connectivity index (χ2n) is 5.07. The zero-order valence-corrected chi connectivity index (χ0v) is 11.4. The molecular weight excluding hydrogens is 218 g/mol. The van der Waals surface area contributed by atoms with Gasteiger partial charge in [-0.3, -0.25) is 0 Å². The van der Waals surface area contributed by atoms with E-state index in [-0.39, 0.29) is 6.04 Å². The van der Waals surface area contributed by atoms with Crippen molar-refractivity contribution in [1.82, 2.24) is 10.1 Å². The summed E-state index contributed by atoms with van der Waals surface area (Å²) in [5, 5.41) is 3.95. The quantitative estimate of drug-likeness (QED) is 0.823. The molecule has 0 saturated carbocycles. The van der Waals surface area contributed by atoms with Gasteiger partial charge in [0.05, 0.1) is 0 Å². The van der Waals surface area contributed by atoms with Gasteiger partial charge in [-0.2, -0.15) is 4.98 Å². The summed E-state index contributed by atoms with van der Waals surface area (Å²) < 4.78 is 10.8. The van der Waals surface area contributed by atoms with E-state index in [0.29, 0.717) is 30.7 Å². The van der Waals surface area contributed by atoms with Crippen LogP contribution in [0.25, 0.3) is 0 Å². The molecule has 17 heavy (non-hydrogen) atoms. The lowest BCUT2D eigenvalue weighted by Crippen LogP contribution is -2.29. The lowest BCUT2D eigenvalue weighted by atomic mass is 10.0. The van der Waals surface area contributed by atoms with Gasteiger partial charge in [0.2, 0.25) is 11.7 Å². The van der Waals surface area contributed by atoms with Crippen LogP contribution in [0.5, 0.6) is 0 Å². The van der Waals surface area contributed by atoms with Gasteiger partial charge in [-0.1, -0.05) is 19.0 Å². The molecule has 0 bridgehead atoms.